The summed E-state index contributed by atoms with van der Waals surface area (Å²) in [6, 6.07) is 0.403. The first-order chi connectivity index (χ1) is 5.09. The molecule has 0 aromatic heterocycles. The first-order valence-electron chi connectivity index (χ1n) is 4.55. The van der Waals surface area contributed by atoms with Crippen molar-refractivity contribution < 1.29 is 0 Å². The van der Waals surface area contributed by atoms with E-state index in [1.165, 1.54) is 0 Å². The summed E-state index contributed by atoms with van der Waals surface area (Å²) in [5.41, 5.74) is 10.6. The van der Waals surface area contributed by atoms with Gasteiger partial charge in [-0.1, -0.05) is 27.7 Å². The molecule has 0 aliphatic carbocycles. The van der Waals surface area contributed by atoms with Crippen LogP contribution in [0.2, 0.25) is 0 Å². The summed E-state index contributed by atoms with van der Waals surface area (Å²) in [7, 11) is 0. The third-order valence-electron chi connectivity index (χ3n) is 1.62. The minimum Gasteiger partial charge on any atom is -0.330 e. The molecule has 0 spiro atoms. The predicted octanol–water partition coefficient (Wildman–Crippen LogP) is 1.73. The molecule has 1 atom stereocenters. The Morgan fingerprint density at radius 1 is 1.18 bits per heavy atom. The number of nitrogens with two attached hydrogens (primary N) is 2. The molecule has 0 bridgehead atoms. The van der Waals surface area contributed by atoms with Gasteiger partial charge in [-0.15, -0.1) is 0 Å². The maximum Gasteiger partial charge on any atom is 0.00592 e. The predicted molar refractivity (Wildman–Crippen MR) is 52.4 cm³/mol. The van der Waals surface area contributed by atoms with E-state index in [1.54, 1.807) is 0 Å². The summed E-state index contributed by atoms with van der Waals surface area (Å²) in [6.45, 7) is 9.28. The first kappa shape index (κ1) is 13.5. The Morgan fingerprint density at radius 3 is 1.55 bits per heavy atom. The Hall–Kier alpha value is -0.0800. The molecule has 0 heterocycles. The Balaban J connectivity index is 0. The van der Waals surface area contributed by atoms with Crippen molar-refractivity contribution in [2.75, 3.05) is 6.54 Å². The zero-order valence-corrected chi connectivity index (χ0v) is 8.43. The Kier molecular flexibility index (Phi) is 12.2. The van der Waals surface area contributed by atoms with Gasteiger partial charge in [-0.25, -0.2) is 0 Å². The monoisotopic (exact) mass is 160 g/mol. The van der Waals surface area contributed by atoms with E-state index in [4.69, 9.17) is 11.5 Å². The smallest absolute Gasteiger partial charge is 0.00592 e. The van der Waals surface area contributed by atoms with Crippen LogP contribution >= 0.6 is 0 Å². The van der Waals surface area contributed by atoms with Gasteiger partial charge in [-0.2, -0.15) is 0 Å². The molecule has 0 aromatic carbocycles. The number of rotatable bonds is 3. The number of hydrogen-bond donors (Lipinski definition) is 2. The molecular weight excluding hydrogens is 136 g/mol. The van der Waals surface area contributed by atoms with Crippen molar-refractivity contribution >= 4 is 0 Å². The van der Waals surface area contributed by atoms with Gasteiger partial charge in [-0.3, -0.25) is 0 Å². The van der Waals surface area contributed by atoms with E-state index in [9.17, 15) is 0 Å². The quantitative estimate of drug-likeness (QED) is 0.660. The Morgan fingerprint density at radius 2 is 1.55 bits per heavy atom. The molecule has 0 radical (unpaired) electrons. The normalized spacial score (nSPS) is 12.3. The van der Waals surface area contributed by atoms with Crippen molar-refractivity contribution in [2.45, 2.75) is 46.6 Å². The van der Waals surface area contributed by atoms with E-state index in [1.807, 2.05) is 0 Å². The van der Waals surface area contributed by atoms with Gasteiger partial charge in [0.25, 0.3) is 0 Å². The first-order valence-corrected chi connectivity index (χ1v) is 4.55. The molecule has 4 N–H and O–H groups in total. The van der Waals surface area contributed by atoms with Crippen molar-refractivity contribution in [3.8, 4) is 0 Å². The Bertz CT molecular complexity index is 60.6. The van der Waals surface area contributed by atoms with Gasteiger partial charge in [0.15, 0.2) is 0 Å². The number of hydrogen-bond acceptors (Lipinski definition) is 2. The summed E-state index contributed by atoms with van der Waals surface area (Å²) in [5.74, 6) is 0.644. The van der Waals surface area contributed by atoms with Crippen molar-refractivity contribution in [1.82, 2.24) is 0 Å². The van der Waals surface area contributed by atoms with Crippen LogP contribution in [0.4, 0.5) is 0 Å². The van der Waals surface area contributed by atoms with Gasteiger partial charge in [-0.05, 0) is 25.3 Å². The van der Waals surface area contributed by atoms with Gasteiger partial charge in [0.1, 0.15) is 0 Å². The molecule has 1 unspecified atom stereocenters. The minimum absolute atomic E-state index is 0.403. The molecule has 0 fully saturated rings. The molecule has 0 aliphatic heterocycles. The highest BCUT2D eigenvalue weighted by Gasteiger charge is 2.01. The highest BCUT2D eigenvalue weighted by molar-refractivity contribution is 4.60. The van der Waals surface area contributed by atoms with E-state index in [-0.39, 0.29) is 0 Å². The fourth-order valence-electron chi connectivity index (χ4n) is 0.471. The van der Waals surface area contributed by atoms with Crippen molar-refractivity contribution in [3.05, 3.63) is 0 Å². The van der Waals surface area contributed by atoms with Crippen molar-refractivity contribution in [3.63, 3.8) is 0 Å². The van der Waals surface area contributed by atoms with Gasteiger partial charge in [0.2, 0.25) is 0 Å². The third-order valence-corrected chi connectivity index (χ3v) is 1.62. The molecule has 0 amide bonds. The Labute approximate surface area is 71.3 Å². The average molecular weight is 160 g/mol. The topological polar surface area (TPSA) is 52.0 Å². The van der Waals surface area contributed by atoms with Crippen LogP contribution in [0.15, 0.2) is 0 Å². The summed E-state index contributed by atoms with van der Waals surface area (Å²) < 4.78 is 0. The lowest BCUT2D eigenvalue weighted by molar-refractivity contribution is 0.481. The average Bonchev–Trinajstić information content (AvgIpc) is 2.03. The van der Waals surface area contributed by atoms with Gasteiger partial charge in [0.05, 0.1) is 0 Å². The third kappa shape index (κ3) is 13.0. The SMILES string of the molecule is CCC(N)C(C)C.CCCN. The molecule has 70 valence electrons. The van der Waals surface area contributed by atoms with Gasteiger partial charge in [0, 0.05) is 6.04 Å². The maximum absolute atomic E-state index is 5.62. The van der Waals surface area contributed by atoms with E-state index in [2.05, 4.69) is 27.7 Å². The molecule has 11 heavy (non-hydrogen) atoms. The van der Waals surface area contributed by atoms with Crippen LogP contribution in [0, 0.1) is 5.92 Å². The lowest BCUT2D eigenvalue weighted by atomic mass is 10.0. The minimum atomic E-state index is 0.403. The van der Waals surface area contributed by atoms with Crippen LogP contribution in [0.1, 0.15) is 40.5 Å². The largest absolute Gasteiger partial charge is 0.330 e. The van der Waals surface area contributed by atoms with E-state index in [0.29, 0.717) is 12.0 Å². The van der Waals surface area contributed by atoms with Gasteiger partial charge >= 0.3 is 0 Å². The van der Waals surface area contributed by atoms with E-state index in [0.717, 1.165) is 19.4 Å². The highest BCUT2D eigenvalue weighted by Crippen LogP contribution is 2.00. The fraction of sp³-hybridized carbons (Fsp3) is 1.00. The molecule has 0 aliphatic rings. The standard InChI is InChI=1S/C6H15N.C3H9N/c1-4-6(7)5(2)3;1-2-3-4/h5-6H,4,7H2,1-3H3;2-4H2,1H3. The summed E-state index contributed by atoms with van der Waals surface area (Å²) in [4.78, 5) is 0. The molecule has 0 saturated carbocycles. The maximum atomic E-state index is 5.62. The second kappa shape index (κ2) is 9.92. The molecule has 2 heteroatoms. The van der Waals surface area contributed by atoms with Crippen molar-refractivity contribution in [1.29, 1.82) is 0 Å². The van der Waals surface area contributed by atoms with Crippen LogP contribution in [-0.2, 0) is 0 Å². The molecule has 0 saturated heterocycles. The zero-order valence-electron chi connectivity index (χ0n) is 8.43. The van der Waals surface area contributed by atoms with Crippen LogP contribution in [-0.4, -0.2) is 12.6 Å². The van der Waals surface area contributed by atoms with Crippen LogP contribution < -0.4 is 11.5 Å². The second-order valence-corrected chi connectivity index (χ2v) is 3.10. The van der Waals surface area contributed by atoms with Gasteiger partial charge < -0.3 is 11.5 Å². The molecular formula is C9H24N2. The lowest BCUT2D eigenvalue weighted by Gasteiger charge is -2.10. The molecule has 0 aromatic rings. The zero-order chi connectivity index (χ0) is 9.28. The van der Waals surface area contributed by atoms with Crippen molar-refractivity contribution in [2.24, 2.45) is 17.4 Å². The van der Waals surface area contributed by atoms with E-state index < -0.39 is 0 Å². The summed E-state index contributed by atoms with van der Waals surface area (Å²) in [6.07, 6.45) is 2.19. The highest BCUT2D eigenvalue weighted by atomic mass is 14.6. The van der Waals surface area contributed by atoms with Crippen LogP contribution in [0.3, 0.4) is 0 Å². The summed E-state index contributed by atoms with van der Waals surface area (Å²) >= 11 is 0. The summed E-state index contributed by atoms with van der Waals surface area (Å²) in [5, 5.41) is 0. The van der Waals surface area contributed by atoms with Crippen LogP contribution in [0.25, 0.3) is 0 Å². The molecule has 0 rings (SSSR count). The van der Waals surface area contributed by atoms with E-state index >= 15 is 0 Å². The fourth-order valence-corrected chi connectivity index (χ4v) is 0.471. The lowest BCUT2D eigenvalue weighted by Crippen LogP contribution is -2.24. The van der Waals surface area contributed by atoms with Crippen LogP contribution in [0.5, 0.6) is 0 Å². The molecule has 2 nitrogen and oxygen atoms in total. The second-order valence-electron chi connectivity index (χ2n) is 3.10.